The van der Waals surface area contributed by atoms with Crippen LogP contribution < -0.4 is 16.0 Å². The van der Waals surface area contributed by atoms with Crippen LogP contribution in [0.3, 0.4) is 0 Å². The first-order valence-corrected chi connectivity index (χ1v) is 12.3. The number of nitrogens with zero attached hydrogens (tertiary/aromatic N) is 1. The maximum absolute atomic E-state index is 13.1. The van der Waals surface area contributed by atoms with Gasteiger partial charge < -0.3 is 20.7 Å². The van der Waals surface area contributed by atoms with Crippen LogP contribution in [0.2, 0.25) is 0 Å². The lowest BCUT2D eigenvalue weighted by Gasteiger charge is -2.26. The topological polar surface area (TPSA) is 109 Å². The molecule has 3 aromatic carbocycles. The fraction of sp³-hybridized carbons (Fsp3) is 0.233. The number of carbonyl (C=O) groups is 2. The highest BCUT2D eigenvalue weighted by atomic mass is 16.5. The summed E-state index contributed by atoms with van der Waals surface area (Å²) in [5, 5.41) is 10.8. The van der Waals surface area contributed by atoms with Gasteiger partial charge in [-0.1, -0.05) is 62.4 Å². The first-order valence-electron chi connectivity index (χ1n) is 12.3. The molecule has 0 bridgehead atoms. The van der Waals surface area contributed by atoms with Crippen molar-refractivity contribution in [2.45, 2.75) is 33.2 Å². The van der Waals surface area contributed by atoms with Crippen LogP contribution in [-0.2, 0) is 20.9 Å². The second-order valence-electron chi connectivity index (χ2n) is 8.93. The van der Waals surface area contributed by atoms with E-state index in [1.54, 1.807) is 25.1 Å². The molecular weight excluding hydrogens is 464 g/mol. The largest absolute Gasteiger partial charge is 0.463 e. The van der Waals surface area contributed by atoms with E-state index in [0.717, 1.165) is 22.5 Å². The van der Waals surface area contributed by atoms with Crippen molar-refractivity contribution in [3.63, 3.8) is 0 Å². The van der Waals surface area contributed by atoms with Crippen LogP contribution in [0.25, 0.3) is 6.08 Å². The van der Waals surface area contributed by atoms with Gasteiger partial charge in [0.25, 0.3) is 0 Å². The first kappa shape index (κ1) is 27.2. The summed E-state index contributed by atoms with van der Waals surface area (Å²) in [5.74, 6) is -0.225. The van der Waals surface area contributed by atoms with E-state index in [-0.39, 0.29) is 18.3 Å². The van der Waals surface area contributed by atoms with Gasteiger partial charge in [0.05, 0.1) is 13.2 Å². The van der Waals surface area contributed by atoms with Gasteiger partial charge in [-0.15, -0.1) is 0 Å². The fourth-order valence-electron chi connectivity index (χ4n) is 3.83. The van der Waals surface area contributed by atoms with Gasteiger partial charge in [0.1, 0.15) is 5.84 Å². The Kier molecular flexibility index (Phi) is 9.61. The predicted octanol–water partition coefficient (Wildman–Crippen LogP) is 5.32. The molecule has 192 valence electrons. The number of anilines is 2. The summed E-state index contributed by atoms with van der Waals surface area (Å²) < 4.78 is 5.00. The SMILES string of the molecule is CCOC(=O)/C=C/c1ccccc1CN(CC(=O)Nc1ccc(C(C)C)cc1)c1cccc(C(=N)N)c1. The number of amidine groups is 1. The van der Waals surface area contributed by atoms with Crippen molar-refractivity contribution >= 4 is 35.2 Å². The van der Waals surface area contributed by atoms with Crippen molar-refractivity contribution in [2.24, 2.45) is 5.73 Å². The van der Waals surface area contributed by atoms with Crippen LogP contribution >= 0.6 is 0 Å². The molecule has 3 rings (SSSR count). The maximum atomic E-state index is 13.1. The second kappa shape index (κ2) is 13.1. The number of nitrogens with two attached hydrogens (primary N) is 1. The normalized spacial score (nSPS) is 10.9. The Morgan fingerprint density at radius 2 is 1.78 bits per heavy atom. The Hall–Kier alpha value is -4.39. The number of esters is 1. The highest BCUT2D eigenvalue weighted by molar-refractivity contribution is 5.97. The molecule has 0 atom stereocenters. The minimum atomic E-state index is -0.411. The van der Waals surface area contributed by atoms with E-state index in [1.165, 1.54) is 11.6 Å². The molecule has 0 fully saturated rings. The molecule has 4 N–H and O–H groups in total. The van der Waals surface area contributed by atoms with Crippen molar-refractivity contribution in [1.82, 2.24) is 0 Å². The molecule has 3 aromatic rings. The summed E-state index contributed by atoms with van der Waals surface area (Å²) in [6, 6.07) is 22.8. The van der Waals surface area contributed by atoms with Gasteiger partial charge in [0.15, 0.2) is 0 Å². The molecule has 0 saturated carbocycles. The molecule has 37 heavy (non-hydrogen) atoms. The van der Waals surface area contributed by atoms with E-state index in [1.807, 2.05) is 65.6 Å². The third kappa shape index (κ3) is 8.07. The minimum absolute atomic E-state index is 0.0470. The number of amides is 1. The van der Waals surface area contributed by atoms with Gasteiger partial charge in [0.2, 0.25) is 5.91 Å². The Morgan fingerprint density at radius 3 is 2.46 bits per heavy atom. The molecule has 0 unspecified atom stereocenters. The average Bonchev–Trinajstić information content (AvgIpc) is 2.88. The van der Waals surface area contributed by atoms with Gasteiger partial charge in [-0.05, 0) is 59.9 Å². The minimum Gasteiger partial charge on any atom is -0.463 e. The van der Waals surface area contributed by atoms with E-state index < -0.39 is 5.97 Å². The lowest BCUT2D eigenvalue weighted by molar-refractivity contribution is -0.137. The van der Waals surface area contributed by atoms with Crippen LogP contribution in [0, 0.1) is 5.41 Å². The van der Waals surface area contributed by atoms with E-state index in [9.17, 15) is 9.59 Å². The molecule has 0 saturated heterocycles. The second-order valence-corrected chi connectivity index (χ2v) is 8.93. The van der Waals surface area contributed by atoms with Gasteiger partial charge in [-0.25, -0.2) is 4.79 Å². The van der Waals surface area contributed by atoms with Crippen LogP contribution in [0.1, 0.15) is 48.9 Å². The summed E-state index contributed by atoms with van der Waals surface area (Å²) in [7, 11) is 0. The van der Waals surface area contributed by atoms with E-state index in [2.05, 4.69) is 19.2 Å². The zero-order valence-corrected chi connectivity index (χ0v) is 21.5. The highest BCUT2D eigenvalue weighted by Crippen LogP contribution is 2.22. The fourth-order valence-corrected chi connectivity index (χ4v) is 3.83. The number of hydrogen-bond donors (Lipinski definition) is 3. The molecular formula is C30H34N4O3. The Morgan fingerprint density at radius 1 is 1.05 bits per heavy atom. The number of ether oxygens (including phenoxy) is 1. The molecule has 7 heteroatoms. The summed E-state index contributed by atoms with van der Waals surface area (Å²) >= 11 is 0. The lowest BCUT2D eigenvalue weighted by Crippen LogP contribution is -2.33. The quantitative estimate of drug-likeness (QED) is 0.144. The maximum Gasteiger partial charge on any atom is 0.330 e. The number of nitrogen functional groups attached to an aromatic ring is 1. The van der Waals surface area contributed by atoms with Crippen molar-refractivity contribution < 1.29 is 14.3 Å². The molecule has 0 spiro atoms. The van der Waals surface area contributed by atoms with Crippen LogP contribution in [0.5, 0.6) is 0 Å². The number of benzene rings is 3. The Balaban J connectivity index is 1.87. The molecule has 1 amide bonds. The predicted molar refractivity (Wildman–Crippen MR) is 150 cm³/mol. The number of carbonyl (C=O) groups excluding carboxylic acids is 2. The molecule has 0 aliphatic carbocycles. The summed E-state index contributed by atoms with van der Waals surface area (Å²) in [6.45, 7) is 6.78. The summed E-state index contributed by atoms with van der Waals surface area (Å²) in [5.41, 5.74) is 10.7. The Bertz CT molecular complexity index is 1270. The highest BCUT2D eigenvalue weighted by Gasteiger charge is 2.15. The van der Waals surface area contributed by atoms with Crippen molar-refractivity contribution in [3.8, 4) is 0 Å². The number of rotatable bonds is 11. The molecule has 0 aromatic heterocycles. The lowest BCUT2D eigenvalue weighted by atomic mass is 10.0. The van der Waals surface area contributed by atoms with Gasteiger partial charge in [-0.2, -0.15) is 0 Å². The molecule has 0 heterocycles. The Labute approximate surface area is 218 Å². The standard InChI is InChI=1S/C30H34N4O3/c1-4-37-29(36)17-14-23-8-5-6-9-25(23)19-34(27-11-7-10-24(18-27)30(31)32)20-28(35)33-26-15-12-22(13-16-26)21(2)3/h5-18,21H,4,19-20H2,1-3H3,(H3,31,32)(H,33,35)/b17-14+. The molecule has 0 radical (unpaired) electrons. The molecule has 0 aliphatic heterocycles. The monoisotopic (exact) mass is 498 g/mol. The van der Waals surface area contributed by atoms with Crippen molar-refractivity contribution in [3.05, 3.63) is 101 Å². The average molecular weight is 499 g/mol. The third-order valence-electron chi connectivity index (χ3n) is 5.82. The van der Waals surface area contributed by atoms with Gasteiger partial charge in [-0.3, -0.25) is 10.2 Å². The van der Waals surface area contributed by atoms with Crippen molar-refractivity contribution in [2.75, 3.05) is 23.4 Å². The zero-order valence-electron chi connectivity index (χ0n) is 21.5. The number of hydrogen-bond acceptors (Lipinski definition) is 5. The summed E-state index contributed by atoms with van der Waals surface area (Å²) in [6.07, 6.45) is 3.12. The van der Waals surface area contributed by atoms with Crippen LogP contribution in [-0.4, -0.2) is 30.9 Å². The first-order chi connectivity index (χ1) is 17.8. The smallest absolute Gasteiger partial charge is 0.330 e. The molecule has 7 nitrogen and oxygen atoms in total. The third-order valence-corrected chi connectivity index (χ3v) is 5.82. The van der Waals surface area contributed by atoms with E-state index in [0.29, 0.717) is 24.6 Å². The zero-order chi connectivity index (χ0) is 26.8. The van der Waals surface area contributed by atoms with Crippen LogP contribution in [0.4, 0.5) is 11.4 Å². The van der Waals surface area contributed by atoms with Gasteiger partial charge in [0, 0.05) is 29.6 Å². The van der Waals surface area contributed by atoms with E-state index in [4.69, 9.17) is 15.9 Å². The summed E-state index contributed by atoms with van der Waals surface area (Å²) in [4.78, 5) is 26.9. The van der Waals surface area contributed by atoms with Crippen molar-refractivity contribution in [1.29, 1.82) is 5.41 Å². The van der Waals surface area contributed by atoms with E-state index >= 15 is 0 Å². The van der Waals surface area contributed by atoms with Gasteiger partial charge >= 0.3 is 5.97 Å². The number of nitrogens with one attached hydrogen (secondary N) is 2. The molecule has 0 aliphatic rings. The van der Waals surface area contributed by atoms with Crippen LogP contribution in [0.15, 0.2) is 78.9 Å².